The second-order valence-electron chi connectivity index (χ2n) is 4.31. The molecule has 0 saturated heterocycles. The number of methoxy groups -OCH3 is 1. The fraction of sp³-hybridized carbons (Fsp3) is 0.429. The Bertz CT molecular complexity index is 412. The van der Waals surface area contributed by atoms with Crippen LogP contribution in [0.1, 0.15) is 24.0 Å². The summed E-state index contributed by atoms with van der Waals surface area (Å²) in [5.74, 6) is -0.409. The van der Waals surface area contributed by atoms with E-state index in [1.165, 1.54) is 12.7 Å². The van der Waals surface area contributed by atoms with Crippen molar-refractivity contribution < 1.29 is 14.3 Å². The third-order valence-corrected chi connectivity index (χ3v) is 2.74. The molecule has 1 amide bonds. The van der Waals surface area contributed by atoms with Crippen molar-refractivity contribution in [2.45, 2.75) is 26.3 Å². The highest BCUT2D eigenvalue weighted by molar-refractivity contribution is 5.81. The van der Waals surface area contributed by atoms with Crippen molar-refractivity contribution in [3.8, 4) is 0 Å². The van der Waals surface area contributed by atoms with Crippen LogP contribution in [0.15, 0.2) is 24.3 Å². The number of carbonyl (C=O) groups is 2. The lowest BCUT2D eigenvalue weighted by atomic mass is 10.1. The van der Waals surface area contributed by atoms with E-state index in [1.54, 1.807) is 11.9 Å². The average Bonchev–Trinajstić information content (AvgIpc) is 2.38. The molecule has 0 aromatic heterocycles. The predicted octanol–water partition coefficient (Wildman–Crippen LogP) is 1.91. The molecule has 0 aliphatic carbocycles. The molecule has 0 spiro atoms. The van der Waals surface area contributed by atoms with Crippen molar-refractivity contribution in [3.05, 3.63) is 35.4 Å². The van der Waals surface area contributed by atoms with Crippen molar-refractivity contribution >= 4 is 11.9 Å². The van der Waals surface area contributed by atoms with Gasteiger partial charge < -0.3 is 9.64 Å². The van der Waals surface area contributed by atoms with E-state index in [1.807, 2.05) is 31.2 Å². The molecule has 1 aromatic rings. The van der Waals surface area contributed by atoms with Crippen LogP contribution in [0.25, 0.3) is 0 Å². The third kappa shape index (κ3) is 4.57. The van der Waals surface area contributed by atoms with Gasteiger partial charge in [-0.25, -0.2) is 0 Å². The van der Waals surface area contributed by atoms with Gasteiger partial charge in [0.25, 0.3) is 0 Å². The molecule has 0 fully saturated rings. The number of nitrogens with zero attached hydrogens (tertiary/aromatic N) is 1. The molecule has 0 aliphatic rings. The first-order chi connectivity index (χ1) is 8.52. The summed E-state index contributed by atoms with van der Waals surface area (Å²) in [7, 11) is 3.06. The SMILES string of the molecule is COC(=O)CCC(=O)N(C)Cc1ccc(C)cc1. The number of hydrogen-bond donors (Lipinski definition) is 0. The maximum Gasteiger partial charge on any atom is 0.306 e. The quantitative estimate of drug-likeness (QED) is 0.749. The molecule has 4 nitrogen and oxygen atoms in total. The smallest absolute Gasteiger partial charge is 0.306 e. The van der Waals surface area contributed by atoms with Crippen LogP contribution >= 0.6 is 0 Å². The molecule has 0 saturated carbocycles. The van der Waals surface area contributed by atoms with Gasteiger partial charge in [-0.05, 0) is 12.5 Å². The molecule has 0 heterocycles. The van der Waals surface area contributed by atoms with Gasteiger partial charge in [0.2, 0.25) is 5.91 Å². The zero-order chi connectivity index (χ0) is 13.5. The summed E-state index contributed by atoms with van der Waals surface area (Å²) in [4.78, 5) is 24.3. The van der Waals surface area contributed by atoms with Gasteiger partial charge in [0, 0.05) is 20.0 Å². The monoisotopic (exact) mass is 249 g/mol. The van der Waals surface area contributed by atoms with E-state index in [-0.39, 0.29) is 24.7 Å². The Morgan fingerprint density at radius 2 is 1.78 bits per heavy atom. The van der Waals surface area contributed by atoms with Crippen LogP contribution in [0, 0.1) is 6.92 Å². The minimum absolute atomic E-state index is 0.0547. The fourth-order valence-electron chi connectivity index (χ4n) is 1.56. The largest absolute Gasteiger partial charge is 0.469 e. The topological polar surface area (TPSA) is 46.6 Å². The summed E-state index contributed by atoms with van der Waals surface area (Å²) in [6.45, 7) is 2.58. The van der Waals surface area contributed by atoms with E-state index in [0.29, 0.717) is 6.54 Å². The summed E-state index contributed by atoms with van der Waals surface area (Å²) in [6.07, 6.45) is 0.322. The minimum Gasteiger partial charge on any atom is -0.469 e. The van der Waals surface area contributed by atoms with Gasteiger partial charge in [0.15, 0.2) is 0 Å². The van der Waals surface area contributed by atoms with E-state index >= 15 is 0 Å². The second kappa shape index (κ2) is 6.79. The Labute approximate surface area is 108 Å². The lowest BCUT2D eigenvalue weighted by Gasteiger charge is -2.17. The standard InChI is InChI=1S/C14H19NO3/c1-11-4-6-12(7-5-11)10-15(2)13(16)8-9-14(17)18-3/h4-7H,8-10H2,1-3H3. The van der Waals surface area contributed by atoms with Crippen LogP contribution in [0.3, 0.4) is 0 Å². The molecular formula is C14H19NO3. The van der Waals surface area contributed by atoms with Crippen molar-refractivity contribution in [2.24, 2.45) is 0 Å². The first-order valence-corrected chi connectivity index (χ1v) is 5.89. The van der Waals surface area contributed by atoms with Gasteiger partial charge in [-0.3, -0.25) is 9.59 Å². The van der Waals surface area contributed by atoms with Crippen LogP contribution in [-0.2, 0) is 20.9 Å². The van der Waals surface area contributed by atoms with Gasteiger partial charge >= 0.3 is 5.97 Å². The molecule has 0 aliphatic heterocycles. The summed E-state index contributed by atoms with van der Waals surface area (Å²) in [5, 5.41) is 0. The van der Waals surface area contributed by atoms with Gasteiger partial charge in [0.1, 0.15) is 0 Å². The molecule has 0 radical (unpaired) electrons. The number of amides is 1. The van der Waals surface area contributed by atoms with E-state index in [0.717, 1.165) is 5.56 Å². The fourth-order valence-corrected chi connectivity index (χ4v) is 1.56. The zero-order valence-corrected chi connectivity index (χ0v) is 11.1. The highest BCUT2D eigenvalue weighted by Crippen LogP contribution is 2.07. The van der Waals surface area contributed by atoms with E-state index in [9.17, 15) is 9.59 Å². The lowest BCUT2D eigenvalue weighted by molar-refractivity contribution is -0.143. The molecule has 0 atom stereocenters. The van der Waals surface area contributed by atoms with Gasteiger partial charge in [-0.15, -0.1) is 0 Å². The third-order valence-electron chi connectivity index (χ3n) is 2.74. The Morgan fingerprint density at radius 1 is 1.17 bits per heavy atom. The number of esters is 1. The average molecular weight is 249 g/mol. The highest BCUT2D eigenvalue weighted by Gasteiger charge is 2.11. The van der Waals surface area contributed by atoms with Crippen molar-refractivity contribution in [1.29, 1.82) is 0 Å². The molecule has 0 bridgehead atoms. The summed E-state index contributed by atoms with van der Waals surface area (Å²) < 4.78 is 4.50. The minimum atomic E-state index is -0.355. The van der Waals surface area contributed by atoms with Crippen LogP contribution in [0.4, 0.5) is 0 Å². The zero-order valence-electron chi connectivity index (χ0n) is 11.1. The molecule has 0 N–H and O–H groups in total. The number of rotatable bonds is 5. The summed E-state index contributed by atoms with van der Waals surface area (Å²) in [6, 6.07) is 8.03. The van der Waals surface area contributed by atoms with Crippen molar-refractivity contribution in [2.75, 3.05) is 14.2 Å². The Kier molecular flexibility index (Phi) is 5.36. The first-order valence-electron chi connectivity index (χ1n) is 5.89. The van der Waals surface area contributed by atoms with Gasteiger partial charge in [0.05, 0.1) is 13.5 Å². The number of carbonyl (C=O) groups excluding carboxylic acids is 2. The summed E-state index contributed by atoms with van der Waals surface area (Å²) in [5.41, 5.74) is 2.27. The van der Waals surface area contributed by atoms with Gasteiger partial charge in [-0.1, -0.05) is 29.8 Å². The maximum atomic E-state index is 11.8. The molecular weight excluding hydrogens is 230 g/mol. The predicted molar refractivity (Wildman–Crippen MR) is 68.9 cm³/mol. The van der Waals surface area contributed by atoms with E-state index < -0.39 is 0 Å². The molecule has 1 aromatic carbocycles. The molecule has 98 valence electrons. The van der Waals surface area contributed by atoms with Crippen LogP contribution in [0.2, 0.25) is 0 Å². The number of benzene rings is 1. The highest BCUT2D eigenvalue weighted by atomic mass is 16.5. The maximum absolute atomic E-state index is 11.8. The Balaban J connectivity index is 2.44. The molecule has 1 rings (SSSR count). The summed E-state index contributed by atoms with van der Waals surface area (Å²) >= 11 is 0. The van der Waals surface area contributed by atoms with E-state index in [2.05, 4.69) is 4.74 Å². The number of aryl methyl sites for hydroxylation is 1. The van der Waals surface area contributed by atoms with Gasteiger partial charge in [-0.2, -0.15) is 0 Å². The molecule has 18 heavy (non-hydrogen) atoms. The Morgan fingerprint density at radius 3 is 2.33 bits per heavy atom. The van der Waals surface area contributed by atoms with Crippen LogP contribution in [-0.4, -0.2) is 30.9 Å². The molecule has 4 heteroatoms. The lowest BCUT2D eigenvalue weighted by Crippen LogP contribution is -2.26. The van der Waals surface area contributed by atoms with Crippen LogP contribution in [0.5, 0.6) is 0 Å². The van der Waals surface area contributed by atoms with Crippen LogP contribution < -0.4 is 0 Å². The molecule has 0 unspecified atom stereocenters. The first kappa shape index (κ1) is 14.2. The second-order valence-corrected chi connectivity index (χ2v) is 4.31. The van der Waals surface area contributed by atoms with E-state index in [4.69, 9.17) is 0 Å². The Hall–Kier alpha value is -1.84. The normalized spacial score (nSPS) is 9.94. The van der Waals surface area contributed by atoms with Crippen molar-refractivity contribution in [1.82, 2.24) is 4.90 Å². The van der Waals surface area contributed by atoms with Crippen molar-refractivity contribution in [3.63, 3.8) is 0 Å². The number of hydrogen-bond acceptors (Lipinski definition) is 3. The number of ether oxygens (including phenoxy) is 1.